The first-order chi connectivity index (χ1) is 6.01. The molecule has 1 atom stereocenters. The normalized spacial score (nSPS) is 11.1. The van der Waals surface area contributed by atoms with Crippen LogP contribution in [0.1, 0.15) is 0 Å². The highest BCUT2D eigenvalue weighted by Gasteiger charge is 2.23. The summed E-state index contributed by atoms with van der Waals surface area (Å²) in [6.07, 6.45) is 0. The molecule has 72 valence electrons. The van der Waals surface area contributed by atoms with Gasteiger partial charge in [-0.05, 0) is 33.5 Å². The van der Waals surface area contributed by atoms with E-state index >= 15 is 0 Å². The zero-order chi connectivity index (χ0) is 9.90. The molecule has 0 N–H and O–H groups in total. The van der Waals surface area contributed by atoms with Gasteiger partial charge in [-0.15, -0.1) is 0 Å². The second-order valence-corrected chi connectivity index (χ2v) is 3.01. The number of methoxy groups -OCH3 is 1. The van der Waals surface area contributed by atoms with Gasteiger partial charge in [0.15, 0.2) is 0 Å². The summed E-state index contributed by atoms with van der Waals surface area (Å²) in [6, 6.07) is 5.92. The number of alkyl halides is 2. The molecule has 1 rings (SSSR count). The molecule has 0 aromatic heterocycles. The fourth-order valence-electron chi connectivity index (χ4n) is 0.801. The van der Waals surface area contributed by atoms with Crippen molar-refractivity contribution < 1.29 is 18.3 Å². The summed E-state index contributed by atoms with van der Waals surface area (Å²) in [5.74, 6) is -2.53. The van der Waals surface area contributed by atoms with Crippen LogP contribution in [0.2, 0.25) is 0 Å². The van der Waals surface area contributed by atoms with Crippen molar-refractivity contribution in [3.05, 3.63) is 24.3 Å². The van der Waals surface area contributed by atoms with Gasteiger partial charge in [0, 0.05) is 0 Å². The van der Waals surface area contributed by atoms with Crippen molar-refractivity contribution in [2.45, 2.75) is 5.85 Å². The molecule has 0 aliphatic rings. The van der Waals surface area contributed by atoms with Crippen molar-refractivity contribution in [3.63, 3.8) is 0 Å². The van der Waals surface area contributed by atoms with Gasteiger partial charge in [0.05, 0.1) is 7.11 Å². The minimum Gasteiger partial charge on any atom is -0.497 e. The van der Waals surface area contributed by atoms with E-state index in [9.17, 15) is 8.78 Å². The molecule has 0 amide bonds. The number of hydrogen-bond acceptors (Lipinski definition) is 2. The zero-order valence-corrected chi connectivity index (χ0v) is 8.11. The molecule has 2 nitrogen and oxygen atoms in total. The average molecular weight is 206 g/mol. The summed E-state index contributed by atoms with van der Waals surface area (Å²) < 4.78 is 33.7. The maximum Gasteiger partial charge on any atom is 0.408 e. The third-order valence-electron chi connectivity index (χ3n) is 1.31. The van der Waals surface area contributed by atoms with Crippen LogP contribution in [0.25, 0.3) is 0 Å². The molecule has 0 aliphatic heterocycles. The minimum atomic E-state index is -3.23. The van der Waals surface area contributed by atoms with E-state index in [4.69, 9.17) is 4.74 Å². The minimum absolute atomic E-state index is 0.0980. The summed E-state index contributed by atoms with van der Waals surface area (Å²) in [5, 5.41) is 0. The van der Waals surface area contributed by atoms with Crippen molar-refractivity contribution in [3.8, 4) is 11.5 Å². The first-order valence-electron chi connectivity index (χ1n) is 3.51. The Morgan fingerprint density at radius 1 is 1.15 bits per heavy atom. The third-order valence-corrected chi connectivity index (χ3v) is 1.43. The number of hydrogen-bond donors (Lipinski definition) is 0. The lowest BCUT2D eigenvalue weighted by Gasteiger charge is -2.12. The Bertz CT molecular complexity index is 268. The number of halogens is 2. The van der Waals surface area contributed by atoms with Gasteiger partial charge in [-0.25, -0.2) is 0 Å². The maximum atomic E-state index is 12.3. The van der Waals surface area contributed by atoms with Crippen molar-refractivity contribution in [2.75, 3.05) is 7.11 Å². The largest absolute Gasteiger partial charge is 0.497 e. The van der Waals surface area contributed by atoms with E-state index in [2.05, 4.69) is 4.74 Å². The van der Waals surface area contributed by atoms with E-state index < -0.39 is 5.85 Å². The van der Waals surface area contributed by atoms with Crippen molar-refractivity contribution in [1.82, 2.24) is 0 Å². The molecule has 0 aliphatic carbocycles. The lowest BCUT2D eigenvalue weighted by atomic mass is 10.3. The first kappa shape index (κ1) is 10.2. The monoisotopic (exact) mass is 206 g/mol. The first-order valence-corrected chi connectivity index (χ1v) is 4.09. The molecule has 1 aromatic carbocycles. The van der Waals surface area contributed by atoms with Crippen LogP contribution in [0.3, 0.4) is 0 Å². The SMILES string of the molecule is COc1ccc(OC(F)(F)P)cc1. The van der Waals surface area contributed by atoms with Crippen LogP contribution in [0.15, 0.2) is 24.3 Å². The van der Waals surface area contributed by atoms with Gasteiger partial charge in [0.25, 0.3) is 0 Å². The van der Waals surface area contributed by atoms with Gasteiger partial charge in [-0.3, -0.25) is 0 Å². The molecule has 1 unspecified atom stereocenters. The van der Waals surface area contributed by atoms with Gasteiger partial charge < -0.3 is 9.47 Å². The van der Waals surface area contributed by atoms with Crippen molar-refractivity contribution in [2.24, 2.45) is 0 Å². The highest BCUT2D eigenvalue weighted by atomic mass is 31.0. The Hall–Kier alpha value is -0.890. The number of rotatable bonds is 3. The molecule has 0 spiro atoms. The van der Waals surface area contributed by atoms with Crippen molar-refractivity contribution >= 4 is 9.24 Å². The lowest BCUT2D eigenvalue weighted by Crippen LogP contribution is -2.14. The molecular formula is C8H9F2O2P. The second-order valence-electron chi connectivity index (χ2n) is 2.34. The second kappa shape index (κ2) is 3.88. The molecule has 1 aromatic rings. The van der Waals surface area contributed by atoms with Crippen LogP contribution in [0, 0.1) is 0 Å². The van der Waals surface area contributed by atoms with Crippen molar-refractivity contribution in [1.29, 1.82) is 0 Å². The van der Waals surface area contributed by atoms with E-state index in [1.165, 1.54) is 28.5 Å². The maximum absolute atomic E-state index is 12.3. The standard InChI is InChI=1S/C8H9F2O2P/c1-11-6-2-4-7(5-3-6)12-8(9,10)13/h2-5H,13H2,1H3. The number of ether oxygens (including phenoxy) is 2. The van der Waals surface area contributed by atoms with Gasteiger partial charge in [0.1, 0.15) is 11.5 Å². The highest BCUT2D eigenvalue weighted by molar-refractivity contribution is 7.17. The van der Waals surface area contributed by atoms with Gasteiger partial charge in [0.2, 0.25) is 0 Å². The topological polar surface area (TPSA) is 18.5 Å². The van der Waals surface area contributed by atoms with Crippen LogP contribution in [0.4, 0.5) is 8.78 Å². The smallest absolute Gasteiger partial charge is 0.408 e. The van der Waals surface area contributed by atoms with E-state index in [0.717, 1.165) is 0 Å². The molecule has 0 bridgehead atoms. The van der Waals surface area contributed by atoms with Crippen LogP contribution in [-0.4, -0.2) is 13.0 Å². The van der Waals surface area contributed by atoms with E-state index in [0.29, 0.717) is 5.75 Å². The Balaban J connectivity index is 2.70. The predicted octanol–water partition coefficient (Wildman–Crippen LogP) is 2.50. The molecule has 13 heavy (non-hydrogen) atoms. The summed E-state index contributed by atoms with van der Waals surface area (Å²) in [6.45, 7) is 0. The Morgan fingerprint density at radius 3 is 2.00 bits per heavy atom. The Kier molecular flexibility index (Phi) is 3.04. The molecule has 0 radical (unpaired) electrons. The highest BCUT2D eigenvalue weighted by Crippen LogP contribution is 2.27. The van der Waals surface area contributed by atoms with Gasteiger partial charge >= 0.3 is 5.85 Å². The summed E-state index contributed by atoms with van der Waals surface area (Å²) in [4.78, 5) is 0. The van der Waals surface area contributed by atoms with E-state index in [1.54, 1.807) is 12.1 Å². The predicted molar refractivity (Wildman–Crippen MR) is 48.3 cm³/mol. The Morgan fingerprint density at radius 2 is 1.62 bits per heavy atom. The average Bonchev–Trinajstić information content (AvgIpc) is 2.03. The third kappa shape index (κ3) is 3.55. The molecule has 0 saturated carbocycles. The van der Waals surface area contributed by atoms with Crippen LogP contribution in [-0.2, 0) is 0 Å². The zero-order valence-electron chi connectivity index (χ0n) is 6.96. The molecule has 0 heterocycles. The summed E-state index contributed by atoms with van der Waals surface area (Å²) in [7, 11) is 2.80. The Labute approximate surface area is 77.0 Å². The van der Waals surface area contributed by atoms with Gasteiger partial charge in [-0.1, -0.05) is 0 Å². The van der Waals surface area contributed by atoms with Crippen LogP contribution >= 0.6 is 9.24 Å². The van der Waals surface area contributed by atoms with Gasteiger partial charge in [-0.2, -0.15) is 8.78 Å². The summed E-state index contributed by atoms with van der Waals surface area (Å²) >= 11 is 0. The van der Waals surface area contributed by atoms with E-state index in [-0.39, 0.29) is 5.75 Å². The quantitative estimate of drug-likeness (QED) is 0.707. The molecule has 0 fully saturated rings. The lowest BCUT2D eigenvalue weighted by molar-refractivity contribution is -0.0892. The molecule has 0 saturated heterocycles. The van der Waals surface area contributed by atoms with Crippen LogP contribution in [0.5, 0.6) is 11.5 Å². The van der Waals surface area contributed by atoms with Crippen LogP contribution < -0.4 is 9.47 Å². The molecular weight excluding hydrogens is 197 g/mol. The molecule has 5 heteroatoms. The number of benzene rings is 1. The van der Waals surface area contributed by atoms with E-state index in [1.807, 2.05) is 0 Å². The fourth-order valence-corrected chi connectivity index (χ4v) is 0.937. The fraction of sp³-hybridized carbons (Fsp3) is 0.250. The summed E-state index contributed by atoms with van der Waals surface area (Å²) in [5.41, 5.74) is 0.